The largest absolute Gasteiger partial charge is 0.169 e. The summed E-state index contributed by atoms with van der Waals surface area (Å²) in [5.41, 5.74) is 1.39. The minimum atomic E-state index is 0.127. The van der Waals surface area contributed by atoms with E-state index < -0.39 is 0 Å². The SMILES string of the molecule is C=S(C)/C(=C/CC)[C@H](C)c1ccccc1. The number of rotatable bonds is 4. The maximum atomic E-state index is 4.16. The zero-order valence-corrected chi connectivity index (χ0v) is 10.7. The lowest BCUT2D eigenvalue weighted by Crippen LogP contribution is -1.96. The van der Waals surface area contributed by atoms with Crippen LogP contribution >= 0.6 is 10.5 Å². The molecule has 0 aliphatic carbocycles. The first-order valence-corrected chi connectivity index (χ1v) is 7.17. The molecule has 0 aliphatic rings. The normalized spacial score (nSPS) is 16.1. The van der Waals surface area contributed by atoms with Crippen molar-refractivity contribution >= 4 is 16.4 Å². The van der Waals surface area contributed by atoms with Crippen molar-refractivity contribution in [2.75, 3.05) is 6.26 Å². The average Bonchev–Trinajstić information content (AvgIpc) is 2.26. The highest BCUT2D eigenvalue weighted by Crippen LogP contribution is 2.34. The molecule has 1 rings (SSSR count). The summed E-state index contributed by atoms with van der Waals surface area (Å²) in [6.07, 6.45) is 5.62. The summed E-state index contributed by atoms with van der Waals surface area (Å²) in [7, 11) is 0.127. The molecule has 82 valence electrons. The van der Waals surface area contributed by atoms with Crippen molar-refractivity contribution in [3.05, 3.63) is 46.9 Å². The average molecular weight is 220 g/mol. The van der Waals surface area contributed by atoms with Crippen LogP contribution < -0.4 is 0 Å². The highest BCUT2D eigenvalue weighted by molar-refractivity contribution is 8.16. The fraction of sp³-hybridized carbons (Fsp3) is 0.357. The lowest BCUT2D eigenvalue weighted by atomic mass is 10.0. The van der Waals surface area contributed by atoms with Gasteiger partial charge in [-0.05, 0) is 23.1 Å². The molecule has 0 saturated carbocycles. The van der Waals surface area contributed by atoms with Crippen molar-refractivity contribution in [1.82, 2.24) is 0 Å². The van der Waals surface area contributed by atoms with Gasteiger partial charge in [0.2, 0.25) is 0 Å². The van der Waals surface area contributed by atoms with Gasteiger partial charge in [0.05, 0.1) is 0 Å². The number of allylic oxidation sites excluding steroid dienone is 2. The van der Waals surface area contributed by atoms with E-state index in [0.717, 1.165) is 6.42 Å². The van der Waals surface area contributed by atoms with Gasteiger partial charge in [-0.3, -0.25) is 0 Å². The number of hydrogen-bond donors (Lipinski definition) is 0. The van der Waals surface area contributed by atoms with Crippen LogP contribution in [0, 0.1) is 0 Å². The van der Waals surface area contributed by atoms with Crippen LogP contribution in [-0.2, 0) is 0 Å². The van der Waals surface area contributed by atoms with Crippen LogP contribution in [0.25, 0.3) is 0 Å². The van der Waals surface area contributed by atoms with E-state index in [1.807, 2.05) is 0 Å². The molecule has 1 heteroatoms. The predicted octanol–water partition coefficient (Wildman–Crippen LogP) is 4.41. The zero-order valence-electron chi connectivity index (χ0n) is 9.86. The van der Waals surface area contributed by atoms with E-state index in [1.165, 1.54) is 10.5 Å². The van der Waals surface area contributed by atoms with Crippen molar-refractivity contribution in [2.45, 2.75) is 26.2 Å². The first-order valence-electron chi connectivity index (χ1n) is 5.37. The van der Waals surface area contributed by atoms with E-state index in [-0.39, 0.29) is 10.5 Å². The van der Waals surface area contributed by atoms with Gasteiger partial charge < -0.3 is 0 Å². The molecular weight excluding hydrogens is 200 g/mol. The number of benzene rings is 1. The van der Waals surface area contributed by atoms with E-state index in [4.69, 9.17) is 0 Å². The third-order valence-corrected chi connectivity index (χ3v) is 3.86. The minimum Gasteiger partial charge on any atom is -0.169 e. The second kappa shape index (κ2) is 5.92. The summed E-state index contributed by atoms with van der Waals surface area (Å²) < 4.78 is 0. The van der Waals surface area contributed by atoms with Crippen molar-refractivity contribution in [3.63, 3.8) is 0 Å². The lowest BCUT2D eigenvalue weighted by Gasteiger charge is -2.17. The molecule has 0 N–H and O–H groups in total. The summed E-state index contributed by atoms with van der Waals surface area (Å²) in [5, 5.41) is 0. The molecule has 0 aliphatic heterocycles. The second-order valence-electron chi connectivity index (χ2n) is 3.78. The van der Waals surface area contributed by atoms with Crippen LogP contribution in [0.5, 0.6) is 0 Å². The molecule has 0 saturated heterocycles. The molecule has 1 aromatic carbocycles. The van der Waals surface area contributed by atoms with Gasteiger partial charge in [0, 0.05) is 5.92 Å². The molecule has 0 nitrogen and oxygen atoms in total. The van der Waals surface area contributed by atoms with Gasteiger partial charge in [0.25, 0.3) is 0 Å². The fourth-order valence-corrected chi connectivity index (χ4v) is 2.92. The van der Waals surface area contributed by atoms with Crippen LogP contribution in [0.15, 0.2) is 41.3 Å². The van der Waals surface area contributed by atoms with Crippen LogP contribution in [0.2, 0.25) is 0 Å². The van der Waals surface area contributed by atoms with E-state index in [1.54, 1.807) is 0 Å². The van der Waals surface area contributed by atoms with Gasteiger partial charge in [-0.1, -0.05) is 56.1 Å². The molecule has 15 heavy (non-hydrogen) atoms. The van der Waals surface area contributed by atoms with Gasteiger partial charge in [-0.25, -0.2) is 0 Å². The second-order valence-corrected chi connectivity index (χ2v) is 5.53. The molecule has 0 amide bonds. The van der Waals surface area contributed by atoms with Crippen molar-refractivity contribution < 1.29 is 0 Å². The molecule has 0 spiro atoms. The highest BCUT2D eigenvalue weighted by atomic mass is 32.2. The van der Waals surface area contributed by atoms with Gasteiger partial charge in [0.1, 0.15) is 0 Å². The van der Waals surface area contributed by atoms with E-state index in [9.17, 15) is 0 Å². The van der Waals surface area contributed by atoms with Gasteiger partial charge >= 0.3 is 0 Å². The van der Waals surface area contributed by atoms with Crippen LogP contribution in [0.3, 0.4) is 0 Å². The first kappa shape index (κ1) is 12.3. The van der Waals surface area contributed by atoms with Crippen LogP contribution in [0.4, 0.5) is 0 Å². The Labute approximate surface area is 96.0 Å². The van der Waals surface area contributed by atoms with Gasteiger partial charge in [-0.2, -0.15) is 10.5 Å². The summed E-state index contributed by atoms with van der Waals surface area (Å²) in [5.74, 6) is 4.66. The maximum absolute atomic E-state index is 4.16. The Morgan fingerprint density at radius 3 is 2.47 bits per heavy atom. The van der Waals surface area contributed by atoms with Crippen molar-refractivity contribution in [2.24, 2.45) is 0 Å². The third-order valence-electron chi connectivity index (χ3n) is 2.53. The monoisotopic (exact) mass is 220 g/mol. The van der Waals surface area contributed by atoms with Gasteiger partial charge in [-0.15, -0.1) is 0 Å². The number of hydrogen-bond acceptors (Lipinski definition) is 0. The van der Waals surface area contributed by atoms with Gasteiger partial charge in [0.15, 0.2) is 0 Å². The molecule has 0 fully saturated rings. The predicted molar refractivity (Wildman–Crippen MR) is 73.9 cm³/mol. The molecule has 0 radical (unpaired) electrons. The third kappa shape index (κ3) is 3.35. The molecule has 0 aromatic heterocycles. The zero-order chi connectivity index (χ0) is 11.3. The Balaban J connectivity index is 2.96. The Hall–Kier alpha value is -0.820. The molecule has 1 unspecified atom stereocenters. The molecule has 2 atom stereocenters. The Kier molecular flexibility index (Phi) is 4.83. The van der Waals surface area contributed by atoms with E-state index >= 15 is 0 Å². The van der Waals surface area contributed by atoms with E-state index in [2.05, 4.69) is 62.4 Å². The maximum Gasteiger partial charge on any atom is 0.0113 e. The Morgan fingerprint density at radius 1 is 1.40 bits per heavy atom. The van der Waals surface area contributed by atoms with E-state index in [0.29, 0.717) is 5.92 Å². The van der Waals surface area contributed by atoms with Crippen molar-refractivity contribution in [1.29, 1.82) is 0 Å². The topological polar surface area (TPSA) is 0 Å². The molecular formula is C14H20S. The van der Waals surface area contributed by atoms with Crippen LogP contribution in [0.1, 0.15) is 31.7 Å². The Bertz CT molecular complexity index is 349. The molecule has 0 bridgehead atoms. The summed E-state index contributed by atoms with van der Waals surface area (Å²) in [6, 6.07) is 10.7. The summed E-state index contributed by atoms with van der Waals surface area (Å²) in [6.45, 7) is 4.45. The molecule has 0 heterocycles. The smallest absolute Gasteiger partial charge is 0.0113 e. The summed E-state index contributed by atoms with van der Waals surface area (Å²) in [4.78, 5) is 1.48. The minimum absolute atomic E-state index is 0.127. The van der Waals surface area contributed by atoms with Crippen molar-refractivity contribution in [3.8, 4) is 0 Å². The lowest BCUT2D eigenvalue weighted by molar-refractivity contribution is 0.940. The fourth-order valence-electron chi connectivity index (χ4n) is 1.73. The molecule has 1 aromatic rings. The quantitative estimate of drug-likeness (QED) is 0.659. The Morgan fingerprint density at radius 2 is 2.00 bits per heavy atom. The highest BCUT2D eigenvalue weighted by Gasteiger charge is 2.10. The standard InChI is InChI=1S/C14H20S/c1-5-9-14(15(3)4)12(2)13-10-7-6-8-11-13/h6-12H,3,5H2,1-2,4H3/b14-9+/t12-,15?/m1/s1. The first-order chi connectivity index (χ1) is 7.16. The summed E-state index contributed by atoms with van der Waals surface area (Å²) >= 11 is 0. The van der Waals surface area contributed by atoms with Crippen LogP contribution in [-0.4, -0.2) is 12.1 Å².